The van der Waals surface area contributed by atoms with E-state index in [2.05, 4.69) is 19.2 Å². The topological polar surface area (TPSA) is 41.5 Å². The number of aliphatic hydroxyl groups is 1. The first kappa shape index (κ1) is 13.9. The van der Waals surface area contributed by atoms with Gasteiger partial charge in [0.1, 0.15) is 0 Å². The van der Waals surface area contributed by atoms with Crippen molar-refractivity contribution in [1.29, 1.82) is 0 Å². The number of aliphatic hydroxyl groups excluding tert-OH is 1. The summed E-state index contributed by atoms with van der Waals surface area (Å²) in [7, 11) is 0. The molecule has 0 bridgehead atoms. The molecular weight excluding hydrogens is 202 g/mol. The van der Waals surface area contributed by atoms with Crippen LogP contribution in [-0.2, 0) is 4.74 Å². The highest BCUT2D eigenvalue weighted by atomic mass is 16.5. The molecule has 0 heterocycles. The second kappa shape index (κ2) is 6.58. The molecule has 0 spiro atoms. The molecule has 16 heavy (non-hydrogen) atoms. The van der Waals surface area contributed by atoms with Gasteiger partial charge >= 0.3 is 0 Å². The van der Waals surface area contributed by atoms with E-state index < -0.39 is 0 Å². The van der Waals surface area contributed by atoms with Crippen molar-refractivity contribution in [2.45, 2.75) is 58.6 Å². The monoisotopic (exact) mass is 229 g/mol. The molecule has 0 aromatic rings. The maximum atomic E-state index is 9.65. The van der Waals surface area contributed by atoms with Gasteiger partial charge in [-0.2, -0.15) is 0 Å². The molecule has 1 fully saturated rings. The van der Waals surface area contributed by atoms with Crippen LogP contribution in [0.15, 0.2) is 0 Å². The van der Waals surface area contributed by atoms with Crippen LogP contribution in [-0.4, -0.2) is 37.0 Å². The first-order valence-corrected chi connectivity index (χ1v) is 6.52. The fraction of sp³-hybridized carbons (Fsp3) is 1.00. The first-order valence-electron chi connectivity index (χ1n) is 6.52. The quantitative estimate of drug-likeness (QED) is 0.731. The van der Waals surface area contributed by atoms with Gasteiger partial charge < -0.3 is 15.2 Å². The van der Waals surface area contributed by atoms with Crippen LogP contribution in [0.4, 0.5) is 0 Å². The van der Waals surface area contributed by atoms with E-state index >= 15 is 0 Å². The number of ether oxygens (including phenoxy) is 1. The van der Waals surface area contributed by atoms with Gasteiger partial charge in [-0.1, -0.05) is 20.3 Å². The van der Waals surface area contributed by atoms with Crippen molar-refractivity contribution in [3.63, 3.8) is 0 Å². The number of hydrogen-bond acceptors (Lipinski definition) is 3. The second-order valence-corrected chi connectivity index (χ2v) is 5.68. The maximum absolute atomic E-state index is 9.65. The molecule has 0 aliphatic heterocycles. The van der Waals surface area contributed by atoms with Gasteiger partial charge in [-0.25, -0.2) is 0 Å². The van der Waals surface area contributed by atoms with Crippen LogP contribution < -0.4 is 5.32 Å². The Bertz CT molecular complexity index is 194. The van der Waals surface area contributed by atoms with Gasteiger partial charge in [-0.05, 0) is 31.6 Å². The molecule has 1 rings (SSSR count). The van der Waals surface area contributed by atoms with Gasteiger partial charge in [-0.3, -0.25) is 0 Å². The van der Waals surface area contributed by atoms with Gasteiger partial charge in [0.2, 0.25) is 0 Å². The number of rotatable bonds is 6. The van der Waals surface area contributed by atoms with Gasteiger partial charge in [0.25, 0.3) is 0 Å². The zero-order chi connectivity index (χ0) is 12.0. The molecule has 1 aliphatic rings. The summed E-state index contributed by atoms with van der Waals surface area (Å²) in [4.78, 5) is 0. The Morgan fingerprint density at radius 1 is 1.50 bits per heavy atom. The highest BCUT2D eigenvalue weighted by Crippen LogP contribution is 2.34. The fourth-order valence-electron chi connectivity index (χ4n) is 2.49. The Morgan fingerprint density at radius 2 is 2.25 bits per heavy atom. The highest BCUT2D eigenvalue weighted by molar-refractivity contribution is 4.83. The molecule has 96 valence electrons. The summed E-state index contributed by atoms with van der Waals surface area (Å²) < 4.78 is 5.19. The van der Waals surface area contributed by atoms with Crippen molar-refractivity contribution in [2.75, 3.05) is 19.8 Å². The van der Waals surface area contributed by atoms with E-state index in [1.807, 2.05) is 6.92 Å². The standard InChI is InChI=1S/C13H27NO2/c1-4-16-10-12(15)9-14-11-6-5-7-13(2,3)8-11/h11-12,14-15H,4-10H2,1-3H3. The van der Waals surface area contributed by atoms with Crippen LogP contribution in [0.1, 0.15) is 46.5 Å². The minimum Gasteiger partial charge on any atom is -0.389 e. The molecule has 1 aliphatic carbocycles. The minimum absolute atomic E-state index is 0.370. The molecular formula is C13H27NO2. The van der Waals surface area contributed by atoms with E-state index in [1.165, 1.54) is 25.7 Å². The Balaban J connectivity index is 2.17. The molecule has 0 aromatic heterocycles. The lowest BCUT2D eigenvalue weighted by molar-refractivity contribution is 0.0391. The van der Waals surface area contributed by atoms with E-state index in [-0.39, 0.29) is 6.10 Å². The summed E-state index contributed by atoms with van der Waals surface area (Å²) in [5.74, 6) is 0. The Hall–Kier alpha value is -0.120. The normalized spacial score (nSPS) is 26.6. The molecule has 3 heteroatoms. The third-order valence-electron chi connectivity index (χ3n) is 3.36. The minimum atomic E-state index is -0.370. The predicted molar refractivity (Wildman–Crippen MR) is 66.5 cm³/mol. The second-order valence-electron chi connectivity index (χ2n) is 5.68. The molecule has 3 nitrogen and oxygen atoms in total. The molecule has 2 atom stereocenters. The lowest BCUT2D eigenvalue weighted by Crippen LogP contribution is -2.41. The number of hydrogen-bond donors (Lipinski definition) is 2. The highest BCUT2D eigenvalue weighted by Gasteiger charge is 2.27. The lowest BCUT2D eigenvalue weighted by atomic mass is 9.75. The van der Waals surface area contributed by atoms with Crippen LogP contribution >= 0.6 is 0 Å². The number of nitrogens with one attached hydrogen (secondary N) is 1. The van der Waals surface area contributed by atoms with Crippen molar-refractivity contribution in [2.24, 2.45) is 5.41 Å². The fourth-order valence-corrected chi connectivity index (χ4v) is 2.49. The molecule has 2 unspecified atom stereocenters. The third-order valence-corrected chi connectivity index (χ3v) is 3.36. The average Bonchev–Trinajstić information content (AvgIpc) is 2.22. The van der Waals surface area contributed by atoms with Gasteiger partial charge in [0.15, 0.2) is 0 Å². The van der Waals surface area contributed by atoms with Crippen molar-refractivity contribution in [3.05, 3.63) is 0 Å². The molecule has 0 radical (unpaired) electrons. The Labute approximate surface area is 99.6 Å². The summed E-state index contributed by atoms with van der Waals surface area (Å²) in [6.07, 6.45) is 4.71. The van der Waals surface area contributed by atoms with Crippen molar-refractivity contribution >= 4 is 0 Å². The van der Waals surface area contributed by atoms with Crippen molar-refractivity contribution in [1.82, 2.24) is 5.32 Å². The van der Waals surface area contributed by atoms with Crippen LogP contribution in [0.5, 0.6) is 0 Å². The largest absolute Gasteiger partial charge is 0.389 e. The first-order chi connectivity index (χ1) is 7.53. The van der Waals surface area contributed by atoms with E-state index in [0.29, 0.717) is 31.2 Å². The Morgan fingerprint density at radius 3 is 2.88 bits per heavy atom. The lowest BCUT2D eigenvalue weighted by Gasteiger charge is -2.36. The predicted octanol–water partition coefficient (Wildman–Crippen LogP) is 1.94. The summed E-state index contributed by atoms with van der Waals surface area (Å²) in [5, 5.41) is 13.1. The van der Waals surface area contributed by atoms with Gasteiger partial charge in [0.05, 0.1) is 12.7 Å². The van der Waals surface area contributed by atoms with E-state index in [9.17, 15) is 5.11 Å². The van der Waals surface area contributed by atoms with E-state index in [4.69, 9.17) is 4.74 Å². The summed E-state index contributed by atoms with van der Waals surface area (Å²) in [6.45, 7) is 8.38. The molecule has 0 aromatic carbocycles. The van der Waals surface area contributed by atoms with Gasteiger partial charge in [-0.15, -0.1) is 0 Å². The van der Waals surface area contributed by atoms with Crippen molar-refractivity contribution < 1.29 is 9.84 Å². The van der Waals surface area contributed by atoms with E-state index in [1.54, 1.807) is 0 Å². The SMILES string of the molecule is CCOCC(O)CNC1CCCC(C)(C)C1. The van der Waals surface area contributed by atoms with Crippen LogP contribution in [0.2, 0.25) is 0 Å². The third kappa shape index (κ3) is 5.28. The smallest absolute Gasteiger partial charge is 0.0897 e. The van der Waals surface area contributed by atoms with E-state index in [0.717, 1.165) is 0 Å². The summed E-state index contributed by atoms with van der Waals surface area (Å²) in [5.41, 5.74) is 0.459. The zero-order valence-corrected chi connectivity index (χ0v) is 11.0. The molecule has 0 amide bonds. The van der Waals surface area contributed by atoms with Crippen LogP contribution in [0, 0.1) is 5.41 Å². The molecule has 0 saturated heterocycles. The zero-order valence-electron chi connectivity index (χ0n) is 11.0. The maximum Gasteiger partial charge on any atom is 0.0897 e. The van der Waals surface area contributed by atoms with Crippen molar-refractivity contribution in [3.8, 4) is 0 Å². The average molecular weight is 229 g/mol. The van der Waals surface area contributed by atoms with Crippen LogP contribution in [0.25, 0.3) is 0 Å². The molecule has 1 saturated carbocycles. The van der Waals surface area contributed by atoms with Gasteiger partial charge in [0, 0.05) is 19.2 Å². The summed E-state index contributed by atoms with van der Waals surface area (Å²) in [6, 6.07) is 0.569. The van der Waals surface area contributed by atoms with Crippen LogP contribution in [0.3, 0.4) is 0 Å². The summed E-state index contributed by atoms with van der Waals surface area (Å²) >= 11 is 0. The molecule has 2 N–H and O–H groups in total. The Kier molecular flexibility index (Phi) is 5.73.